The van der Waals surface area contributed by atoms with Gasteiger partial charge in [0.05, 0.1) is 5.56 Å². The fourth-order valence-electron chi connectivity index (χ4n) is 2.69. The van der Waals surface area contributed by atoms with Gasteiger partial charge >= 0.3 is 0 Å². The number of ether oxygens (including phenoxy) is 1. The van der Waals surface area contributed by atoms with Crippen LogP contribution in [0.3, 0.4) is 0 Å². The van der Waals surface area contributed by atoms with Gasteiger partial charge in [0.1, 0.15) is 17.7 Å². The van der Waals surface area contributed by atoms with Crippen LogP contribution in [0.15, 0.2) is 18.2 Å². The summed E-state index contributed by atoms with van der Waals surface area (Å²) in [6, 6.07) is 4.55. The van der Waals surface area contributed by atoms with E-state index >= 15 is 0 Å². The van der Waals surface area contributed by atoms with E-state index in [-0.39, 0.29) is 11.7 Å². The van der Waals surface area contributed by atoms with Crippen LogP contribution >= 0.6 is 0 Å². The molecule has 2 nitrogen and oxygen atoms in total. The maximum Gasteiger partial charge on any atom is 0.156 e. The topological polar surface area (TPSA) is 26.3 Å². The Morgan fingerprint density at radius 3 is 2.89 bits per heavy atom. The molecule has 1 fully saturated rings. The van der Waals surface area contributed by atoms with Crippen molar-refractivity contribution in [1.82, 2.24) is 0 Å². The van der Waals surface area contributed by atoms with Crippen LogP contribution in [-0.2, 0) is 0 Å². The van der Waals surface area contributed by atoms with Gasteiger partial charge in [-0.25, -0.2) is 4.39 Å². The van der Waals surface area contributed by atoms with E-state index in [1.807, 2.05) is 0 Å². The first-order chi connectivity index (χ1) is 8.76. The normalized spacial score (nSPS) is 23.7. The Labute approximate surface area is 107 Å². The van der Waals surface area contributed by atoms with Gasteiger partial charge in [-0.2, -0.15) is 0 Å². The lowest BCUT2D eigenvalue weighted by atomic mass is 9.84. The first-order valence-corrected chi connectivity index (χ1v) is 6.66. The SMILES string of the molecule is CCC1CCCCC1Oc1cccc(F)c1C=O. The third kappa shape index (κ3) is 2.71. The van der Waals surface area contributed by atoms with Crippen LogP contribution in [0.5, 0.6) is 5.75 Å². The van der Waals surface area contributed by atoms with E-state index in [1.165, 1.54) is 12.5 Å². The number of halogens is 1. The quantitative estimate of drug-likeness (QED) is 0.755. The van der Waals surface area contributed by atoms with Crippen molar-refractivity contribution in [2.24, 2.45) is 5.92 Å². The number of rotatable bonds is 4. The summed E-state index contributed by atoms with van der Waals surface area (Å²) in [6.07, 6.45) is 6.25. The Morgan fingerprint density at radius 1 is 1.39 bits per heavy atom. The van der Waals surface area contributed by atoms with Crippen LogP contribution < -0.4 is 4.74 Å². The molecule has 0 bridgehead atoms. The van der Waals surface area contributed by atoms with Gasteiger partial charge in [-0.05, 0) is 43.7 Å². The van der Waals surface area contributed by atoms with Crippen LogP contribution in [0.4, 0.5) is 4.39 Å². The minimum absolute atomic E-state index is 0.0397. The zero-order chi connectivity index (χ0) is 13.0. The van der Waals surface area contributed by atoms with Gasteiger partial charge in [0, 0.05) is 0 Å². The molecule has 98 valence electrons. The summed E-state index contributed by atoms with van der Waals surface area (Å²) in [7, 11) is 0. The predicted molar refractivity (Wildman–Crippen MR) is 68.5 cm³/mol. The molecular formula is C15H19FO2. The van der Waals surface area contributed by atoms with Crippen molar-refractivity contribution in [3.05, 3.63) is 29.6 Å². The molecule has 0 spiro atoms. The van der Waals surface area contributed by atoms with E-state index in [9.17, 15) is 9.18 Å². The van der Waals surface area contributed by atoms with E-state index in [4.69, 9.17) is 4.74 Å². The fourth-order valence-corrected chi connectivity index (χ4v) is 2.69. The Bertz CT molecular complexity index is 417. The molecule has 3 heteroatoms. The second-order valence-corrected chi connectivity index (χ2v) is 4.88. The molecule has 1 aliphatic rings. The Hall–Kier alpha value is -1.38. The molecule has 2 rings (SSSR count). The Morgan fingerprint density at radius 2 is 2.17 bits per heavy atom. The lowest BCUT2D eigenvalue weighted by molar-refractivity contribution is 0.0879. The molecule has 1 aromatic rings. The summed E-state index contributed by atoms with van der Waals surface area (Å²) in [4.78, 5) is 10.9. The molecule has 1 saturated carbocycles. The van der Waals surface area contributed by atoms with E-state index in [0.717, 1.165) is 25.7 Å². The molecule has 2 atom stereocenters. The van der Waals surface area contributed by atoms with Crippen LogP contribution in [0.25, 0.3) is 0 Å². The molecule has 0 aromatic heterocycles. The summed E-state index contributed by atoms with van der Waals surface area (Å²) in [6.45, 7) is 2.15. The second kappa shape index (κ2) is 5.98. The third-order valence-electron chi connectivity index (χ3n) is 3.77. The van der Waals surface area contributed by atoms with Crippen LogP contribution in [0, 0.1) is 11.7 Å². The van der Waals surface area contributed by atoms with Gasteiger partial charge in [-0.3, -0.25) is 4.79 Å². The number of carbonyl (C=O) groups excluding carboxylic acids is 1. The highest BCUT2D eigenvalue weighted by molar-refractivity contribution is 5.79. The summed E-state index contributed by atoms with van der Waals surface area (Å²) < 4.78 is 19.4. The Kier molecular flexibility index (Phi) is 4.34. The minimum Gasteiger partial charge on any atom is -0.489 e. The highest BCUT2D eigenvalue weighted by Gasteiger charge is 2.26. The molecule has 0 amide bonds. The fraction of sp³-hybridized carbons (Fsp3) is 0.533. The number of benzene rings is 1. The van der Waals surface area contributed by atoms with Crippen molar-refractivity contribution in [1.29, 1.82) is 0 Å². The first-order valence-electron chi connectivity index (χ1n) is 6.66. The summed E-state index contributed by atoms with van der Waals surface area (Å²) in [5, 5.41) is 0. The van der Waals surface area contributed by atoms with Gasteiger partial charge < -0.3 is 4.74 Å². The smallest absolute Gasteiger partial charge is 0.156 e. The molecule has 0 aliphatic heterocycles. The first kappa shape index (κ1) is 13.1. The largest absolute Gasteiger partial charge is 0.489 e. The van der Waals surface area contributed by atoms with Gasteiger partial charge in [0.15, 0.2) is 6.29 Å². The number of hydrogen-bond donors (Lipinski definition) is 0. The monoisotopic (exact) mass is 250 g/mol. The molecule has 0 N–H and O–H groups in total. The van der Waals surface area contributed by atoms with Crippen molar-refractivity contribution in [3.8, 4) is 5.75 Å². The van der Waals surface area contributed by atoms with E-state index in [2.05, 4.69) is 6.92 Å². The van der Waals surface area contributed by atoms with Crippen molar-refractivity contribution in [3.63, 3.8) is 0 Å². The van der Waals surface area contributed by atoms with Gasteiger partial charge in [0.2, 0.25) is 0 Å². The lowest BCUT2D eigenvalue weighted by Gasteiger charge is -2.31. The summed E-state index contributed by atoms with van der Waals surface area (Å²) >= 11 is 0. The van der Waals surface area contributed by atoms with Gasteiger partial charge in [-0.1, -0.05) is 19.4 Å². The summed E-state index contributed by atoms with van der Waals surface area (Å²) in [5.41, 5.74) is 0.0397. The summed E-state index contributed by atoms with van der Waals surface area (Å²) in [5.74, 6) is 0.392. The predicted octanol–water partition coefficient (Wildman–Crippen LogP) is 3.99. The van der Waals surface area contributed by atoms with Crippen LogP contribution in [0.2, 0.25) is 0 Å². The molecule has 1 aliphatic carbocycles. The van der Waals surface area contributed by atoms with Crippen molar-refractivity contribution in [2.75, 3.05) is 0 Å². The van der Waals surface area contributed by atoms with Crippen molar-refractivity contribution >= 4 is 6.29 Å². The second-order valence-electron chi connectivity index (χ2n) is 4.88. The lowest BCUT2D eigenvalue weighted by Crippen LogP contribution is -2.30. The number of carbonyl (C=O) groups is 1. The zero-order valence-corrected chi connectivity index (χ0v) is 10.7. The van der Waals surface area contributed by atoms with Crippen LogP contribution in [0.1, 0.15) is 49.4 Å². The maximum atomic E-state index is 13.5. The highest BCUT2D eigenvalue weighted by Crippen LogP contribution is 2.31. The molecule has 2 unspecified atom stereocenters. The molecule has 1 aromatic carbocycles. The molecule has 0 heterocycles. The molecule has 18 heavy (non-hydrogen) atoms. The molecule has 0 saturated heterocycles. The van der Waals surface area contributed by atoms with E-state index in [1.54, 1.807) is 12.1 Å². The van der Waals surface area contributed by atoms with Crippen molar-refractivity contribution < 1.29 is 13.9 Å². The number of aldehydes is 1. The Balaban J connectivity index is 2.17. The minimum atomic E-state index is -0.508. The zero-order valence-electron chi connectivity index (χ0n) is 10.7. The molecule has 0 radical (unpaired) electrons. The third-order valence-corrected chi connectivity index (χ3v) is 3.77. The molecular weight excluding hydrogens is 231 g/mol. The number of hydrogen-bond acceptors (Lipinski definition) is 2. The van der Waals surface area contributed by atoms with E-state index in [0.29, 0.717) is 18.0 Å². The van der Waals surface area contributed by atoms with Crippen molar-refractivity contribution in [2.45, 2.75) is 45.1 Å². The maximum absolute atomic E-state index is 13.5. The average Bonchev–Trinajstić information content (AvgIpc) is 2.40. The van der Waals surface area contributed by atoms with Gasteiger partial charge in [0.25, 0.3) is 0 Å². The van der Waals surface area contributed by atoms with Crippen LogP contribution in [-0.4, -0.2) is 12.4 Å². The van der Waals surface area contributed by atoms with Gasteiger partial charge in [-0.15, -0.1) is 0 Å². The average molecular weight is 250 g/mol. The van der Waals surface area contributed by atoms with E-state index < -0.39 is 5.82 Å². The highest BCUT2D eigenvalue weighted by atomic mass is 19.1. The standard InChI is InChI=1S/C15H19FO2/c1-2-11-6-3-4-8-14(11)18-15-9-5-7-13(16)12(15)10-17/h5,7,9-11,14H,2-4,6,8H2,1H3.